The summed E-state index contributed by atoms with van der Waals surface area (Å²) in [6.45, 7) is 16.7. The highest BCUT2D eigenvalue weighted by Crippen LogP contribution is 2.88. The highest BCUT2D eigenvalue weighted by molar-refractivity contribution is 6.37. The molecule has 55 heavy (non-hydrogen) atoms. The molecular weight excluding hydrogens is 699 g/mol. The van der Waals surface area contributed by atoms with Gasteiger partial charge < -0.3 is 36.4 Å². The Hall–Kier alpha value is -3.22. The van der Waals surface area contributed by atoms with Crippen molar-refractivity contribution in [3.63, 3.8) is 0 Å². The minimum absolute atomic E-state index is 0.00970. The molecule has 6 aliphatic rings. The van der Waals surface area contributed by atoms with E-state index in [0.29, 0.717) is 25.9 Å². The van der Waals surface area contributed by atoms with Gasteiger partial charge in [0.15, 0.2) is 0 Å². The fraction of sp³-hybridized carbons (Fsp3) is 0.857. The summed E-state index contributed by atoms with van der Waals surface area (Å²) in [5.74, 6) is -2.60. The number of piperazine rings is 1. The van der Waals surface area contributed by atoms with E-state index in [1.165, 1.54) is 0 Å². The van der Waals surface area contributed by atoms with Crippen LogP contribution in [0.3, 0.4) is 0 Å². The van der Waals surface area contributed by atoms with Crippen molar-refractivity contribution in [2.45, 2.75) is 162 Å². The first-order chi connectivity index (χ1) is 25.7. The second-order valence-corrected chi connectivity index (χ2v) is 20.5. The molecule has 0 aromatic rings. The van der Waals surface area contributed by atoms with E-state index in [0.717, 1.165) is 83.7 Å². The number of hydrogen-bond donors (Lipinski definition) is 4. The van der Waals surface area contributed by atoms with Gasteiger partial charge >= 0.3 is 6.03 Å². The van der Waals surface area contributed by atoms with E-state index in [2.05, 4.69) is 55.6 Å². The van der Waals surface area contributed by atoms with Gasteiger partial charge in [0.05, 0.1) is 11.6 Å². The molecule has 6 amide bonds. The minimum Gasteiger partial charge on any atom is -0.363 e. The first-order valence-electron chi connectivity index (χ1n) is 21.2. The van der Waals surface area contributed by atoms with Crippen molar-refractivity contribution in [3.05, 3.63) is 0 Å². The molecule has 6 fully saturated rings. The van der Waals surface area contributed by atoms with Crippen LogP contribution in [0.1, 0.15) is 132 Å². The van der Waals surface area contributed by atoms with Crippen molar-refractivity contribution in [1.29, 1.82) is 0 Å². The van der Waals surface area contributed by atoms with Crippen molar-refractivity contribution < 1.29 is 28.8 Å². The van der Waals surface area contributed by atoms with Crippen molar-refractivity contribution in [3.8, 4) is 0 Å². The lowest BCUT2D eigenvalue weighted by molar-refractivity contribution is -0.144. The zero-order valence-electron chi connectivity index (χ0n) is 34.9. The molecule has 0 bridgehead atoms. The Morgan fingerprint density at radius 3 is 1.95 bits per heavy atom. The molecule has 2 aliphatic heterocycles. The normalized spacial score (nSPS) is 29.1. The van der Waals surface area contributed by atoms with Crippen LogP contribution in [0.25, 0.3) is 0 Å². The number of primary amides is 1. The zero-order valence-corrected chi connectivity index (χ0v) is 34.9. The zero-order chi connectivity index (χ0) is 40.3. The average Bonchev–Trinajstić information content (AvgIpc) is 3.27. The number of carbonyl (C=O) groups is 6. The number of urea groups is 1. The number of likely N-dealkylation sites (tertiary alicyclic amines) is 1. The molecule has 13 nitrogen and oxygen atoms in total. The van der Waals surface area contributed by atoms with Crippen LogP contribution in [0.2, 0.25) is 0 Å². The SMILES string of the molecule is CN1CCN(C(=O)[C@@H](NC(=O)N[C@H](C(=O)N2C[C@]3(C[C@H]2C(=O)NC(CC2CCC2)C(=O)C(N)=O)C(C)(C)C32CCC2)C(C)(C)C)C2CCCCC2)C(C)(C)C1. The van der Waals surface area contributed by atoms with Gasteiger partial charge in [-0.25, -0.2) is 4.79 Å². The summed E-state index contributed by atoms with van der Waals surface area (Å²) in [7, 11) is 2.05. The molecule has 5 N–H and O–H groups in total. The molecule has 1 unspecified atom stereocenters. The van der Waals surface area contributed by atoms with E-state index >= 15 is 4.79 Å². The van der Waals surface area contributed by atoms with Gasteiger partial charge in [0.1, 0.15) is 18.1 Å². The van der Waals surface area contributed by atoms with Crippen LogP contribution >= 0.6 is 0 Å². The number of Topliss-reactive ketones (excluding diaryl/α,β-unsaturated/α-hetero) is 1. The van der Waals surface area contributed by atoms with Gasteiger partial charge in [-0.3, -0.25) is 24.0 Å². The molecule has 2 saturated heterocycles. The number of nitrogens with zero attached hydrogens (tertiary/aromatic N) is 3. The minimum atomic E-state index is -1.08. The Bertz CT molecular complexity index is 1540. The van der Waals surface area contributed by atoms with Crippen LogP contribution in [0.5, 0.6) is 0 Å². The molecule has 13 heteroatoms. The van der Waals surface area contributed by atoms with Crippen LogP contribution in [0, 0.1) is 33.5 Å². The molecule has 308 valence electrons. The van der Waals surface area contributed by atoms with E-state index in [4.69, 9.17) is 5.73 Å². The fourth-order valence-electron chi connectivity index (χ4n) is 11.7. The molecule has 6 rings (SSSR count). The quantitative estimate of drug-likeness (QED) is 0.232. The third-order valence-corrected chi connectivity index (χ3v) is 15.5. The summed E-state index contributed by atoms with van der Waals surface area (Å²) in [6, 6.07) is -4.25. The third-order valence-electron chi connectivity index (χ3n) is 15.5. The summed E-state index contributed by atoms with van der Waals surface area (Å²) >= 11 is 0. The van der Waals surface area contributed by atoms with Gasteiger partial charge in [-0.2, -0.15) is 0 Å². The average molecular weight is 768 g/mol. The largest absolute Gasteiger partial charge is 0.363 e. The van der Waals surface area contributed by atoms with Crippen molar-refractivity contribution >= 4 is 35.4 Å². The molecule has 0 aromatic heterocycles. The number of carbonyl (C=O) groups excluding carboxylic acids is 6. The molecule has 4 saturated carbocycles. The van der Waals surface area contributed by atoms with Gasteiger partial charge in [0, 0.05) is 31.6 Å². The highest BCUT2D eigenvalue weighted by atomic mass is 16.2. The monoisotopic (exact) mass is 768 g/mol. The first kappa shape index (κ1) is 41.4. The molecule has 5 atom stereocenters. The Balaban J connectivity index is 1.25. The Morgan fingerprint density at radius 1 is 0.782 bits per heavy atom. The summed E-state index contributed by atoms with van der Waals surface area (Å²) in [6.07, 6.45) is 11.6. The number of ketones is 1. The van der Waals surface area contributed by atoms with Gasteiger partial charge in [0.25, 0.3) is 5.91 Å². The lowest BCUT2D eigenvalue weighted by Crippen LogP contribution is -2.66. The van der Waals surface area contributed by atoms with E-state index in [9.17, 15) is 24.0 Å². The molecular formula is C42H69N7O6. The standard InChI is InChI=1S/C42H69N7O6/c1-38(2,3)32(46-37(55)45-30(27-16-10-9-11-17-27)35(53)49-21-20-47(8)24-39(49,4)5)36(54)48-25-42(40(6,7)41(42)18-13-19-41)23-29(48)34(52)44-28(31(50)33(43)51)22-26-14-12-15-26/h26-30,32H,9-25H2,1-8H3,(H2,43,51)(H,44,52)(H2,45,46,55)/t28?,29-,30-,32+,42+/m0/s1. The van der Waals surface area contributed by atoms with Crippen LogP contribution in [0.4, 0.5) is 4.79 Å². The number of amides is 6. The topological polar surface area (TPSA) is 174 Å². The van der Waals surface area contributed by atoms with E-state index in [1.807, 2.05) is 25.7 Å². The van der Waals surface area contributed by atoms with E-state index in [-0.39, 0.29) is 39.9 Å². The second kappa shape index (κ2) is 14.9. The summed E-state index contributed by atoms with van der Waals surface area (Å²) in [5.41, 5.74) is 3.92. The van der Waals surface area contributed by atoms with Gasteiger partial charge in [-0.1, -0.05) is 79.6 Å². The number of rotatable bonds is 11. The van der Waals surface area contributed by atoms with Crippen LogP contribution in [-0.4, -0.2) is 113 Å². The highest BCUT2D eigenvalue weighted by Gasteiger charge is 2.85. The lowest BCUT2D eigenvalue weighted by Gasteiger charge is -2.48. The second-order valence-electron chi connectivity index (χ2n) is 20.5. The van der Waals surface area contributed by atoms with E-state index < -0.39 is 58.7 Å². The van der Waals surface area contributed by atoms with E-state index in [1.54, 1.807) is 4.90 Å². The summed E-state index contributed by atoms with van der Waals surface area (Å²) in [4.78, 5) is 88.8. The van der Waals surface area contributed by atoms with Crippen molar-refractivity contribution in [1.82, 2.24) is 30.7 Å². The van der Waals surface area contributed by atoms with Crippen LogP contribution in [0.15, 0.2) is 0 Å². The maximum Gasteiger partial charge on any atom is 0.316 e. The number of fused-ring (bicyclic) bond motifs is 1. The predicted molar refractivity (Wildman–Crippen MR) is 209 cm³/mol. The molecule has 2 heterocycles. The maximum atomic E-state index is 15.0. The number of hydrogen-bond acceptors (Lipinski definition) is 7. The molecule has 0 radical (unpaired) electrons. The number of nitrogens with two attached hydrogens (primary N) is 1. The lowest BCUT2D eigenvalue weighted by atomic mass is 9.73. The number of likely N-dealkylation sites (N-methyl/N-ethyl adjacent to an activating group) is 1. The molecule has 0 aromatic carbocycles. The Morgan fingerprint density at radius 2 is 1.44 bits per heavy atom. The summed E-state index contributed by atoms with van der Waals surface area (Å²) in [5, 5.41) is 8.98. The smallest absolute Gasteiger partial charge is 0.316 e. The van der Waals surface area contributed by atoms with Crippen LogP contribution < -0.4 is 21.7 Å². The summed E-state index contributed by atoms with van der Waals surface area (Å²) < 4.78 is 0. The van der Waals surface area contributed by atoms with Crippen LogP contribution in [-0.2, 0) is 24.0 Å². The van der Waals surface area contributed by atoms with Crippen molar-refractivity contribution in [2.75, 3.05) is 33.2 Å². The Kier molecular flexibility index (Phi) is 11.2. The van der Waals surface area contributed by atoms with Crippen molar-refractivity contribution in [2.24, 2.45) is 39.2 Å². The fourth-order valence-corrected chi connectivity index (χ4v) is 11.7. The van der Waals surface area contributed by atoms with Gasteiger partial charge in [-0.05, 0) is 87.5 Å². The molecule has 4 aliphatic carbocycles. The van der Waals surface area contributed by atoms with Gasteiger partial charge in [-0.15, -0.1) is 0 Å². The number of nitrogens with one attached hydrogen (secondary N) is 3. The third kappa shape index (κ3) is 7.40. The Labute approximate surface area is 328 Å². The molecule has 2 spiro atoms. The maximum absolute atomic E-state index is 15.0. The van der Waals surface area contributed by atoms with Gasteiger partial charge in [0.2, 0.25) is 23.5 Å². The predicted octanol–water partition coefficient (Wildman–Crippen LogP) is 3.73. The first-order valence-corrected chi connectivity index (χ1v) is 21.2.